The lowest BCUT2D eigenvalue weighted by molar-refractivity contribution is -0.135. The van der Waals surface area contributed by atoms with Gasteiger partial charge in [0, 0.05) is 23.8 Å². The van der Waals surface area contributed by atoms with Crippen molar-refractivity contribution in [3.05, 3.63) is 0 Å². The Morgan fingerprint density at radius 1 is 1.62 bits per heavy atom. The lowest BCUT2D eigenvalue weighted by Gasteiger charge is -2.26. The largest absolute Gasteiger partial charge is 0.338 e. The normalized spacial score (nSPS) is 28.5. The molecule has 0 aromatic carbocycles. The highest BCUT2D eigenvalue weighted by molar-refractivity contribution is 9.09. The number of likely N-dealkylation sites (tertiary alicyclic amines) is 1. The Labute approximate surface area is 88.8 Å². The summed E-state index contributed by atoms with van der Waals surface area (Å²) in [7, 11) is 0. The van der Waals surface area contributed by atoms with E-state index in [1.807, 2.05) is 18.7 Å². The maximum atomic E-state index is 11.8. The molecule has 0 aromatic rings. The van der Waals surface area contributed by atoms with Crippen molar-refractivity contribution in [3.63, 3.8) is 0 Å². The van der Waals surface area contributed by atoms with Gasteiger partial charge >= 0.3 is 0 Å². The Balaban J connectivity index is 2.65. The van der Waals surface area contributed by atoms with Gasteiger partial charge in [-0.3, -0.25) is 4.79 Å². The van der Waals surface area contributed by atoms with E-state index in [1.54, 1.807) is 0 Å². The van der Waals surface area contributed by atoms with Crippen LogP contribution in [0.2, 0.25) is 0 Å². The third kappa shape index (κ3) is 2.25. The minimum atomic E-state index is 0.131. The van der Waals surface area contributed by atoms with Crippen LogP contribution in [0.25, 0.3) is 0 Å². The van der Waals surface area contributed by atoms with Gasteiger partial charge in [-0.05, 0) is 12.3 Å². The first kappa shape index (κ1) is 11.0. The van der Waals surface area contributed by atoms with E-state index in [2.05, 4.69) is 22.9 Å². The zero-order chi connectivity index (χ0) is 10.0. The van der Waals surface area contributed by atoms with E-state index < -0.39 is 0 Å². The molecule has 1 aliphatic rings. The Bertz CT molecular complexity index is 193. The van der Waals surface area contributed by atoms with Gasteiger partial charge in [0.1, 0.15) is 0 Å². The number of rotatable bonds is 2. The third-order valence-corrected chi connectivity index (χ3v) is 3.48. The van der Waals surface area contributed by atoms with Crippen LogP contribution in [0.15, 0.2) is 0 Å². The van der Waals surface area contributed by atoms with E-state index in [9.17, 15) is 4.79 Å². The third-order valence-electron chi connectivity index (χ3n) is 2.82. The van der Waals surface area contributed by atoms with Crippen molar-refractivity contribution in [3.8, 4) is 0 Å². The van der Waals surface area contributed by atoms with Crippen molar-refractivity contribution in [2.24, 2.45) is 11.8 Å². The fraction of sp³-hybridized carbons (Fsp3) is 0.900. The lowest BCUT2D eigenvalue weighted by Crippen LogP contribution is -2.40. The number of carbonyl (C=O) groups excluding carboxylic acids is 1. The summed E-state index contributed by atoms with van der Waals surface area (Å²) in [5.41, 5.74) is 0. The number of carbonyl (C=O) groups is 1. The Kier molecular flexibility index (Phi) is 3.77. The van der Waals surface area contributed by atoms with E-state index in [0.29, 0.717) is 17.9 Å². The molecule has 0 bridgehead atoms. The average Bonchev–Trinajstić information content (AvgIpc) is 2.45. The lowest BCUT2D eigenvalue weighted by atomic mass is 10.0. The minimum absolute atomic E-state index is 0.131. The van der Waals surface area contributed by atoms with E-state index in [1.165, 1.54) is 0 Å². The van der Waals surface area contributed by atoms with Crippen LogP contribution in [0, 0.1) is 11.8 Å². The maximum absolute atomic E-state index is 11.8. The van der Waals surface area contributed by atoms with Gasteiger partial charge in [0.25, 0.3) is 0 Å². The molecule has 1 aliphatic heterocycles. The van der Waals surface area contributed by atoms with Crippen LogP contribution in [-0.2, 0) is 4.79 Å². The molecular formula is C10H18BrNO. The van der Waals surface area contributed by atoms with Crippen molar-refractivity contribution < 1.29 is 4.79 Å². The standard InChI is InChI=1S/C10H18BrNO/c1-7(2)10(13)12-5-4-8(3)9(12)6-11/h7-9H,4-6H2,1-3H3. The predicted molar refractivity (Wildman–Crippen MR) is 57.9 cm³/mol. The molecule has 0 spiro atoms. The zero-order valence-electron chi connectivity index (χ0n) is 8.59. The number of hydrogen-bond acceptors (Lipinski definition) is 1. The van der Waals surface area contributed by atoms with Crippen LogP contribution >= 0.6 is 15.9 Å². The van der Waals surface area contributed by atoms with Gasteiger partial charge in [-0.1, -0.05) is 36.7 Å². The number of alkyl halides is 1. The SMILES string of the molecule is CC(C)C(=O)N1CCC(C)C1CBr. The molecule has 1 heterocycles. The highest BCUT2D eigenvalue weighted by Crippen LogP contribution is 2.26. The highest BCUT2D eigenvalue weighted by atomic mass is 79.9. The molecule has 1 fully saturated rings. The molecular weight excluding hydrogens is 230 g/mol. The molecule has 2 unspecified atom stereocenters. The molecule has 1 amide bonds. The molecule has 3 heteroatoms. The molecule has 13 heavy (non-hydrogen) atoms. The Hall–Kier alpha value is -0.0500. The Morgan fingerprint density at radius 3 is 2.69 bits per heavy atom. The first-order valence-electron chi connectivity index (χ1n) is 4.94. The van der Waals surface area contributed by atoms with Gasteiger partial charge in [0.15, 0.2) is 0 Å². The van der Waals surface area contributed by atoms with E-state index in [4.69, 9.17) is 0 Å². The summed E-state index contributed by atoms with van der Waals surface area (Å²) in [6, 6.07) is 0.412. The second-order valence-corrected chi connectivity index (χ2v) is 4.82. The number of amides is 1. The highest BCUT2D eigenvalue weighted by Gasteiger charge is 2.34. The van der Waals surface area contributed by atoms with Gasteiger partial charge in [-0.25, -0.2) is 0 Å². The second kappa shape index (κ2) is 4.45. The van der Waals surface area contributed by atoms with Crippen molar-refractivity contribution in [2.45, 2.75) is 33.2 Å². The van der Waals surface area contributed by atoms with E-state index in [-0.39, 0.29) is 5.92 Å². The van der Waals surface area contributed by atoms with Gasteiger partial charge in [-0.2, -0.15) is 0 Å². The maximum Gasteiger partial charge on any atom is 0.225 e. The molecule has 2 atom stereocenters. The van der Waals surface area contributed by atoms with Crippen LogP contribution < -0.4 is 0 Å². The van der Waals surface area contributed by atoms with Crippen LogP contribution in [0.1, 0.15) is 27.2 Å². The molecule has 1 rings (SSSR count). The van der Waals surface area contributed by atoms with Gasteiger partial charge in [0.05, 0.1) is 0 Å². The first-order chi connectivity index (χ1) is 6.07. The van der Waals surface area contributed by atoms with Crippen LogP contribution in [0.3, 0.4) is 0 Å². The van der Waals surface area contributed by atoms with Crippen molar-refractivity contribution >= 4 is 21.8 Å². The van der Waals surface area contributed by atoms with Crippen molar-refractivity contribution in [2.75, 3.05) is 11.9 Å². The second-order valence-electron chi connectivity index (χ2n) is 4.17. The summed E-state index contributed by atoms with van der Waals surface area (Å²) in [5.74, 6) is 1.07. The van der Waals surface area contributed by atoms with Crippen LogP contribution in [0.5, 0.6) is 0 Å². The first-order valence-corrected chi connectivity index (χ1v) is 6.06. The number of nitrogens with zero attached hydrogens (tertiary/aromatic N) is 1. The molecule has 1 saturated heterocycles. The van der Waals surface area contributed by atoms with Gasteiger partial charge < -0.3 is 4.90 Å². The average molecular weight is 248 g/mol. The summed E-state index contributed by atoms with van der Waals surface area (Å²) in [5, 5.41) is 0.909. The fourth-order valence-electron chi connectivity index (χ4n) is 1.85. The van der Waals surface area contributed by atoms with Crippen LogP contribution in [-0.4, -0.2) is 28.7 Å². The van der Waals surface area contributed by atoms with Crippen molar-refractivity contribution in [1.29, 1.82) is 0 Å². The van der Waals surface area contributed by atoms with E-state index >= 15 is 0 Å². The summed E-state index contributed by atoms with van der Waals surface area (Å²) >= 11 is 3.48. The number of halogens is 1. The minimum Gasteiger partial charge on any atom is -0.338 e. The summed E-state index contributed by atoms with van der Waals surface area (Å²) in [4.78, 5) is 13.8. The quantitative estimate of drug-likeness (QED) is 0.686. The van der Waals surface area contributed by atoms with E-state index in [0.717, 1.165) is 18.3 Å². The summed E-state index contributed by atoms with van der Waals surface area (Å²) < 4.78 is 0. The molecule has 0 saturated carbocycles. The monoisotopic (exact) mass is 247 g/mol. The van der Waals surface area contributed by atoms with Gasteiger partial charge in [-0.15, -0.1) is 0 Å². The van der Waals surface area contributed by atoms with Crippen molar-refractivity contribution in [1.82, 2.24) is 4.90 Å². The predicted octanol–water partition coefficient (Wildman–Crippen LogP) is 2.27. The zero-order valence-corrected chi connectivity index (χ0v) is 10.2. The van der Waals surface area contributed by atoms with Gasteiger partial charge in [0.2, 0.25) is 5.91 Å². The summed E-state index contributed by atoms with van der Waals surface area (Å²) in [6.45, 7) is 7.10. The van der Waals surface area contributed by atoms with Crippen LogP contribution in [0.4, 0.5) is 0 Å². The topological polar surface area (TPSA) is 20.3 Å². The molecule has 0 N–H and O–H groups in total. The molecule has 76 valence electrons. The fourth-order valence-corrected chi connectivity index (χ4v) is 2.84. The molecule has 0 radical (unpaired) electrons. The Morgan fingerprint density at radius 2 is 2.23 bits per heavy atom. The summed E-state index contributed by atoms with van der Waals surface area (Å²) in [6.07, 6.45) is 1.15. The number of hydrogen-bond donors (Lipinski definition) is 0. The molecule has 0 aromatic heterocycles. The molecule has 0 aliphatic carbocycles. The molecule has 2 nitrogen and oxygen atoms in total. The smallest absolute Gasteiger partial charge is 0.225 e.